The second-order valence-corrected chi connectivity index (χ2v) is 4.26. The van der Waals surface area contributed by atoms with E-state index in [9.17, 15) is 4.39 Å². The summed E-state index contributed by atoms with van der Waals surface area (Å²) in [5.41, 5.74) is 1.61. The maximum atomic E-state index is 13.0. The Morgan fingerprint density at radius 1 is 1.12 bits per heavy atom. The van der Waals surface area contributed by atoms with Gasteiger partial charge in [0.05, 0.1) is 0 Å². The number of rotatable bonds is 3. The second-order valence-electron chi connectivity index (χ2n) is 3.83. The maximum absolute atomic E-state index is 13.0. The molecule has 0 unspecified atom stereocenters. The second kappa shape index (κ2) is 5.19. The summed E-state index contributed by atoms with van der Waals surface area (Å²) in [6.07, 6.45) is 0. The Labute approximate surface area is 105 Å². The largest absolute Gasteiger partial charge is 0.489 e. The summed E-state index contributed by atoms with van der Waals surface area (Å²) in [6.45, 7) is 2.16. The van der Waals surface area contributed by atoms with E-state index in [0.717, 1.165) is 5.56 Å². The van der Waals surface area contributed by atoms with Crippen LogP contribution in [0.4, 0.5) is 4.39 Å². The summed E-state index contributed by atoms with van der Waals surface area (Å²) in [5, 5.41) is 0.700. The van der Waals surface area contributed by atoms with E-state index in [1.54, 1.807) is 19.1 Å². The molecular weight excluding hydrogens is 239 g/mol. The van der Waals surface area contributed by atoms with E-state index in [-0.39, 0.29) is 5.82 Å². The fourth-order valence-electron chi connectivity index (χ4n) is 1.45. The van der Waals surface area contributed by atoms with Crippen molar-refractivity contribution in [2.75, 3.05) is 0 Å². The van der Waals surface area contributed by atoms with Crippen LogP contribution in [-0.4, -0.2) is 0 Å². The number of hydrogen-bond acceptors (Lipinski definition) is 1. The van der Waals surface area contributed by atoms with Gasteiger partial charge in [-0.3, -0.25) is 0 Å². The first kappa shape index (κ1) is 11.9. The summed E-state index contributed by atoms with van der Waals surface area (Å²) in [5.74, 6) is 0.447. The van der Waals surface area contributed by atoms with Gasteiger partial charge >= 0.3 is 0 Å². The molecule has 2 aromatic carbocycles. The number of benzene rings is 2. The molecule has 0 radical (unpaired) electrons. The van der Waals surface area contributed by atoms with Crippen molar-refractivity contribution in [3.8, 4) is 5.75 Å². The van der Waals surface area contributed by atoms with Crippen LogP contribution in [0.2, 0.25) is 5.02 Å². The van der Waals surface area contributed by atoms with E-state index in [1.807, 2.05) is 24.3 Å². The Balaban J connectivity index is 2.02. The highest BCUT2D eigenvalue weighted by Crippen LogP contribution is 2.18. The zero-order valence-electron chi connectivity index (χ0n) is 9.41. The predicted molar refractivity (Wildman–Crippen MR) is 66.9 cm³/mol. The first-order chi connectivity index (χ1) is 8.15. The SMILES string of the molecule is Cc1cc(OCc2ccc(Cl)cc2)ccc1F. The summed E-state index contributed by atoms with van der Waals surface area (Å²) < 4.78 is 18.6. The highest BCUT2D eigenvalue weighted by molar-refractivity contribution is 6.30. The normalized spacial score (nSPS) is 10.3. The molecule has 0 spiro atoms. The maximum Gasteiger partial charge on any atom is 0.126 e. The molecule has 0 aromatic heterocycles. The molecular formula is C14H12ClFO. The van der Waals surface area contributed by atoms with Crippen molar-refractivity contribution < 1.29 is 9.13 Å². The van der Waals surface area contributed by atoms with Crippen molar-refractivity contribution in [3.05, 3.63) is 64.4 Å². The van der Waals surface area contributed by atoms with Gasteiger partial charge in [-0.25, -0.2) is 4.39 Å². The third-order valence-electron chi connectivity index (χ3n) is 2.45. The molecule has 17 heavy (non-hydrogen) atoms. The lowest BCUT2D eigenvalue weighted by Gasteiger charge is -2.07. The number of aryl methyl sites for hydroxylation is 1. The molecule has 0 heterocycles. The summed E-state index contributed by atoms with van der Waals surface area (Å²) in [6, 6.07) is 12.2. The molecule has 0 fully saturated rings. The van der Waals surface area contributed by atoms with Crippen LogP contribution in [0.3, 0.4) is 0 Å². The molecule has 0 saturated heterocycles. The van der Waals surface area contributed by atoms with Crippen LogP contribution in [0.15, 0.2) is 42.5 Å². The van der Waals surface area contributed by atoms with Gasteiger partial charge in [-0.15, -0.1) is 0 Å². The quantitative estimate of drug-likeness (QED) is 0.786. The average Bonchev–Trinajstić information content (AvgIpc) is 2.33. The number of ether oxygens (including phenoxy) is 1. The highest BCUT2D eigenvalue weighted by Gasteiger charge is 2.00. The molecule has 2 rings (SSSR count). The minimum absolute atomic E-state index is 0.219. The Kier molecular flexibility index (Phi) is 3.64. The fraction of sp³-hybridized carbons (Fsp3) is 0.143. The fourth-order valence-corrected chi connectivity index (χ4v) is 1.58. The molecule has 88 valence electrons. The molecule has 1 nitrogen and oxygen atoms in total. The lowest BCUT2D eigenvalue weighted by atomic mass is 10.2. The van der Waals surface area contributed by atoms with Gasteiger partial charge in [-0.1, -0.05) is 23.7 Å². The molecule has 0 N–H and O–H groups in total. The minimum atomic E-state index is -0.219. The smallest absolute Gasteiger partial charge is 0.126 e. The number of halogens is 2. The van der Waals surface area contributed by atoms with Crippen molar-refractivity contribution in [2.24, 2.45) is 0 Å². The van der Waals surface area contributed by atoms with Gasteiger partial charge in [0.2, 0.25) is 0 Å². The highest BCUT2D eigenvalue weighted by atomic mass is 35.5. The summed E-state index contributed by atoms with van der Waals surface area (Å²) in [7, 11) is 0. The van der Waals surface area contributed by atoms with Crippen LogP contribution < -0.4 is 4.74 Å². The lowest BCUT2D eigenvalue weighted by molar-refractivity contribution is 0.305. The van der Waals surface area contributed by atoms with Gasteiger partial charge < -0.3 is 4.74 Å². The van der Waals surface area contributed by atoms with Crippen molar-refractivity contribution >= 4 is 11.6 Å². The van der Waals surface area contributed by atoms with Crippen LogP contribution in [0, 0.1) is 12.7 Å². The van der Waals surface area contributed by atoms with E-state index in [2.05, 4.69) is 0 Å². The van der Waals surface area contributed by atoms with Crippen molar-refractivity contribution in [3.63, 3.8) is 0 Å². The molecule has 0 aliphatic carbocycles. The van der Waals surface area contributed by atoms with Crippen LogP contribution in [0.25, 0.3) is 0 Å². The monoisotopic (exact) mass is 250 g/mol. The molecule has 0 saturated carbocycles. The van der Waals surface area contributed by atoms with Crippen LogP contribution in [0.5, 0.6) is 5.75 Å². The van der Waals surface area contributed by atoms with Crippen molar-refractivity contribution in [1.82, 2.24) is 0 Å². The minimum Gasteiger partial charge on any atom is -0.489 e. The Morgan fingerprint density at radius 2 is 1.82 bits per heavy atom. The Morgan fingerprint density at radius 3 is 2.47 bits per heavy atom. The zero-order valence-corrected chi connectivity index (χ0v) is 10.2. The Bertz CT molecular complexity index is 508. The first-order valence-electron chi connectivity index (χ1n) is 5.28. The van der Waals surface area contributed by atoms with Crippen molar-refractivity contribution in [2.45, 2.75) is 13.5 Å². The molecule has 0 atom stereocenters. The predicted octanol–water partition coefficient (Wildman–Crippen LogP) is 4.37. The lowest BCUT2D eigenvalue weighted by Crippen LogP contribution is -1.95. The molecule has 0 bridgehead atoms. The van der Waals surface area contributed by atoms with E-state index in [4.69, 9.17) is 16.3 Å². The van der Waals surface area contributed by atoms with Gasteiger partial charge in [-0.05, 0) is 48.4 Å². The van der Waals surface area contributed by atoms with Crippen LogP contribution in [-0.2, 0) is 6.61 Å². The van der Waals surface area contributed by atoms with Crippen LogP contribution in [0.1, 0.15) is 11.1 Å². The number of hydrogen-bond donors (Lipinski definition) is 0. The molecule has 2 aromatic rings. The molecule has 0 amide bonds. The molecule has 0 aliphatic heterocycles. The van der Waals surface area contributed by atoms with E-state index >= 15 is 0 Å². The summed E-state index contributed by atoms with van der Waals surface area (Å²) in [4.78, 5) is 0. The van der Waals surface area contributed by atoms with E-state index < -0.39 is 0 Å². The Hall–Kier alpha value is -1.54. The standard InChI is InChI=1S/C14H12ClFO/c1-10-8-13(6-7-14(10)16)17-9-11-2-4-12(15)5-3-11/h2-8H,9H2,1H3. The zero-order chi connectivity index (χ0) is 12.3. The van der Waals surface area contributed by atoms with Gasteiger partial charge in [-0.2, -0.15) is 0 Å². The van der Waals surface area contributed by atoms with E-state index in [1.165, 1.54) is 6.07 Å². The van der Waals surface area contributed by atoms with Gasteiger partial charge in [0, 0.05) is 5.02 Å². The average molecular weight is 251 g/mol. The molecule has 3 heteroatoms. The van der Waals surface area contributed by atoms with E-state index in [0.29, 0.717) is 22.9 Å². The van der Waals surface area contributed by atoms with Gasteiger partial charge in [0.1, 0.15) is 18.2 Å². The van der Waals surface area contributed by atoms with Crippen molar-refractivity contribution in [1.29, 1.82) is 0 Å². The first-order valence-corrected chi connectivity index (χ1v) is 5.66. The van der Waals surface area contributed by atoms with Gasteiger partial charge in [0.15, 0.2) is 0 Å². The molecule has 0 aliphatic rings. The third-order valence-corrected chi connectivity index (χ3v) is 2.70. The summed E-state index contributed by atoms with van der Waals surface area (Å²) >= 11 is 5.78. The van der Waals surface area contributed by atoms with Gasteiger partial charge in [0.25, 0.3) is 0 Å². The third kappa shape index (κ3) is 3.21. The topological polar surface area (TPSA) is 9.23 Å². The van der Waals surface area contributed by atoms with Crippen LogP contribution >= 0.6 is 11.6 Å².